The molecule has 348 valence electrons. The number of aliphatic hydroxyl groups excluding tert-OH is 3. The fourth-order valence-corrected chi connectivity index (χ4v) is 12.5. The lowest BCUT2D eigenvalue weighted by atomic mass is 9.83. The Bertz CT molecular complexity index is 1770. The number of carbonyl (C=O) groups is 2. The quantitative estimate of drug-likeness (QED) is 0.227. The minimum absolute atomic E-state index is 0.0134. The number of carbonyl (C=O) groups excluding carboxylic acids is 2. The topological polar surface area (TPSA) is 198 Å². The molecule has 9 heterocycles. The van der Waals surface area contributed by atoms with Crippen LogP contribution >= 0.6 is 0 Å². The van der Waals surface area contributed by atoms with Crippen molar-refractivity contribution in [2.24, 2.45) is 17.8 Å². The Morgan fingerprint density at radius 2 is 1.65 bits per heavy atom. The third-order valence-electron chi connectivity index (χ3n) is 16.0. The van der Waals surface area contributed by atoms with Crippen LogP contribution < -0.4 is 0 Å². The molecule has 62 heavy (non-hydrogen) atoms. The van der Waals surface area contributed by atoms with E-state index in [1.165, 1.54) is 0 Å². The highest BCUT2D eigenvalue weighted by Crippen LogP contribution is 2.55. The summed E-state index contributed by atoms with van der Waals surface area (Å²) in [6.45, 7) is 11.7. The zero-order valence-corrected chi connectivity index (χ0v) is 37.3. The van der Waals surface area contributed by atoms with Crippen LogP contribution in [-0.2, 0) is 52.2 Å². The number of ether oxygens (including phenoxy) is 9. The van der Waals surface area contributed by atoms with Gasteiger partial charge in [-0.1, -0.05) is 37.6 Å². The Kier molecular flexibility index (Phi) is 12.0. The fourth-order valence-electron chi connectivity index (χ4n) is 12.5. The van der Waals surface area contributed by atoms with Crippen LogP contribution in [0.2, 0.25) is 0 Å². The van der Waals surface area contributed by atoms with Crippen molar-refractivity contribution in [1.82, 2.24) is 0 Å². The van der Waals surface area contributed by atoms with E-state index in [4.69, 9.17) is 42.6 Å². The van der Waals surface area contributed by atoms with Crippen LogP contribution in [0, 0.1) is 17.8 Å². The molecule has 0 saturated carbocycles. The van der Waals surface area contributed by atoms with Crippen molar-refractivity contribution in [2.75, 3.05) is 13.2 Å². The summed E-state index contributed by atoms with van der Waals surface area (Å²) in [5, 5.41) is 45.1. The van der Waals surface area contributed by atoms with E-state index in [0.29, 0.717) is 64.2 Å². The average molecular weight is 875 g/mol. The van der Waals surface area contributed by atoms with E-state index in [9.17, 15) is 30.0 Å². The van der Waals surface area contributed by atoms with Gasteiger partial charge in [0.15, 0.2) is 17.4 Å². The van der Waals surface area contributed by atoms with E-state index in [1.54, 1.807) is 13.8 Å². The Hall–Kier alpha value is -1.86. The molecule has 0 unspecified atom stereocenters. The molecule has 8 fully saturated rings. The highest BCUT2D eigenvalue weighted by molar-refractivity contribution is 5.86. The minimum atomic E-state index is -1.97. The zero-order valence-electron chi connectivity index (χ0n) is 37.3. The van der Waals surface area contributed by atoms with Crippen molar-refractivity contribution >= 4 is 11.8 Å². The molecule has 9 aliphatic heterocycles. The lowest BCUT2D eigenvalue weighted by Crippen LogP contribution is -2.61. The van der Waals surface area contributed by atoms with E-state index in [2.05, 4.69) is 19.9 Å². The van der Waals surface area contributed by atoms with Crippen LogP contribution in [0.3, 0.4) is 0 Å². The molecule has 0 aromatic rings. The monoisotopic (exact) mass is 874 g/mol. The van der Waals surface area contributed by atoms with Crippen LogP contribution in [-0.4, -0.2) is 141 Å². The molecule has 15 heteroatoms. The molecule has 19 atom stereocenters. The predicted molar refractivity (Wildman–Crippen MR) is 219 cm³/mol. The maximum absolute atomic E-state index is 14.1. The summed E-state index contributed by atoms with van der Waals surface area (Å²) in [5.41, 5.74) is -1.68. The number of hydrogen-bond acceptors (Lipinski definition) is 15. The van der Waals surface area contributed by atoms with E-state index >= 15 is 0 Å². The smallest absolute Gasteiger partial charge is 0.311 e. The second kappa shape index (κ2) is 16.5. The summed E-state index contributed by atoms with van der Waals surface area (Å²) in [7, 11) is 0. The Morgan fingerprint density at radius 3 is 2.44 bits per heavy atom. The number of fused-ring (bicyclic) bond motifs is 11. The van der Waals surface area contributed by atoms with Gasteiger partial charge < -0.3 is 63.1 Å². The van der Waals surface area contributed by atoms with Gasteiger partial charge in [-0.15, -0.1) is 0 Å². The van der Waals surface area contributed by atoms with Crippen LogP contribution in [0.5, 0.6) is 0 Å². The standard InChI is InChI=1S/C47H70O15/c1-26-9-10-33-34(21-37(55-33)47(53)39(51)28(3)13-19-54-47)56-41(52)29(4)32-8-7-14-45(57-32)16-11-30(49)40(61-45)43(6)23-31(50)38(60-43)35-24-44(25-48)17-18-46(58-35,62-44)36-12-15-42(5,59-36)22-27(2)20-26/h9-10,20,27-30,32-40,48-49,51,53H,7-8,11-19,21-25H2,1-6H3/b10-9-,26-20?/t27-,28+,29+,30+,32-,33+,34+,35+,36+,37-,38-,39+,40+,42+,43+,44-,45-,46-,47+/m1/s1. The third kappa shape index (κ3) is 8.09. The van der Waals surface area contributed by atoms with Gasteiger partial charge in [-0.3, -0.25) is 9.59 Å². The number of ketones is 1. The number of rotatable bonds is 2. The second-order valence-electron chi connectivity index (χ2n) is 21.2. The highest BCUT2D eigenvalue weighted by atomic mass is 16.8. The maximum atomic E-state index is 14.1. The molecule has 0 radical (unpaired) electrons. The first-order valence-corrected chi connectivity index (χ1v) is 23.5. The molecular formula is C47H70O15. The van der Waals surface area contributed by atoms with Crippen LogP contribution in [0.4, 0.5) is 0 Å². The Morgan fingerprint density at radius 1 is 0.839 bits per heavy atom. The number of allylic oxidation sites excluding steroid dienone is 3. The molecule has 0 amide bonds. The summed E-state index contributed by atoms with van der Waals surface area (Å²) in [4.78, 5) is 28.2. The average Bonchev–Trinajstić information content (AvgIpc) is 3.99. The molecule has 10 bridgehead atoms. The van der Waals surface area contributed by atoms with Gasteiger partial charge in [0.2, 0.25) is 5.79 Å². The summed E-state index contributed by atoms with van der Waals surface area (Å²) >= 11 is 0. The first-order chi connectivity index (χ1) is 29.3. The predicted octanol–water partition coefficient (Wildman–Crippen LogP) is 4.23. The van der Waals surface area contributed by atoms with Crippen LogP contribution in [0.1, 0.15) is 131 Å². The van der Waals surface area contributed by atoms with Crippen molar-refractivity contribution in [3.05, 3.63) is 23.8 Å². The summed E-state index contributed by atoms with van der Waals surface area (Å²) in [6.07, 6.45) is 4.40. The molecule has 8 saturated heterocycles. The molecule has 4 N–H and O–H groups in total. The number of aliphatic hydroxyl groups is 4. The van der Waals surface area contributed by atoms with Crippen LogP contribution in [0.15, 0.2) is 23.8 Å². The number of Topliss-reactive ketones (excluding diaryl/α,β-unsaturated/α-hetero) is 1. The molecular weight excluding hydrogens is 805 g/mol. The molecule has 2 spiro atoms. The normalized spacial score (nSPS) is 54.2. The summed E-state index contributed by atoms with van der Waals surface area (Å²) in [5.74, 6) is -5.77. The first-order valence-electron chi connectivity index (χ1n) is 23.5. The number of hydrogen-bond donors (Lipinski definition) is 4. The molecule has 15 nitrogen and oxygen atoms in total. The number of esters is 1. The fraction of sp³-hybridized carbons (Fsp3) is 0.872. The van der Waals surface area contributed by atoms with Gasteiger partial charge in [-0.25, -0.2) is 0 Å². The van der Waals surface area contributed by atoms with Gasteiger partial charge in [0.05, 0.1) is 48.6 Å². The molecule has 0 aliphatic carbocycles. The van der Waals surface area contributed by atoms with Crippen LogP contribution in [0.25, 0.3) is 0 Å². The van der Waals surface area contributed by atoms with Crippen molar-refractivity contribution < 1.29 is 72.6 Å². The zero-order chi connectivity index (χ0) is 44.0. The third-order valence-corrected chi connectivity index (χ3v) is 16.0. The molecule has 9 aliphatic rings. The van der Waals surface area contributed by atoms with Gasteiger partial charge in [0.25, 0.3) is 0 Å². The summed E-state index contributed by atoms with van der Waals surface area (Å²) < 4.78 is 59.3. The Balaban J connectivity index is 1.03. The first kappa shape index (κ1) is 45.3. The van der Waals surface area contributed by atoms with E-state index in [-0.39, 0.29) is 50.1 Å². The SMILES string of the molecule is CC1=C[C@@H](C)C[C@]2(C)CC[C@H](O2)[C@]23CC[C@](CO)(C[C@H](O2)[C@@H]2O[C@@](C)(CC2=O)[C@H]2O[C@]4(CCC[C@@H](O4)[C@H](C)C(=O)O[C@H]4C[C@H]([C@]5(O)OCC[C@H](C)[C@@H]5O)O[C@H]4/C=C\1)CC[C@@H]2O)O3. The molecule has 9 rings (SSSR count). The molecule has 0 aromatic heterocycles. The van der Waals surface area contributed by atoms with E-state index in [1.807, 2.05) is 26.0 Å². The lowest BCUT2D eigenvalue weighted by Gasteiger charge is -2.51. The largest absolute Gasteiger partial charge is 0.459 e. The minimum Gasteiger partial charge on any atom is -0.459 e. The van der Waals surface area contributed by atoms with Crippen molar-refractivity contribution in [3.8, 4) is 0 Å². The van der Waals surface area contributed by atoms with Gasteiger partial charge in [0.1, 0.15) is 48.3 Å². The second-order valence-corrected chi connectivity index (χ2v) is 21.2. The van der Waals surface area contributed by atoms with E-state index < -0.39 is 107 Å². The highest BCUT2D eigenvalue weighted by Gasteiger charge is 2.66. The van der Waals surface area contributed by atoms with Gasteiger partial charge >= 0.3 is 5.97 Å². The van der Waals surface area contributed by atoms with Gasteiger partial charge in [-0.05, 0) is 90.9 Å². The maximum Gasteiger partial charge on any atom is 0.311 e. The van der Waals surface area contributed by atoms with Crippen molar-refractivity contribution in [3.63, 3.8) is 0 Å². The van der Waals surface area contributed by atoms with Crippen molar-refractivity contribution in [1.29, 1.82) is 0 Å². The lowest BCUT2D eigenvalue weighted by molar-refractivity contribution is -0.372. The van der Waals surface area contributed by atoms with Gasteiger partial charge in [0, 0.05) is 38.5 Å². The Labute approximate surface area is 365 Å². The van der Waals surface area contributed by atoms with Gasteiger partial charge in [-0.2, -0.15) is 0 Å². The van der Waals surface area contributed by atoms with E-state index in [0.717, 1.165) is 12.0 Å². The molecule has 0 aromatic carbocycles. The summed E-state index contributed by atoms with van der Waals surface area (Å²) in [6, 6.07) is 0. The van der Waals surface area contributed by atoms with Crippen molar-refractivity contribution in [2.45, 2.75) is 227 Å².